The summed E-state index contributed by atoms with van der Waals surface area (Å²) < 4.78 is 15.4. The van der Waals surface area contributed by atoms with Gasteiger partial charge in [-0.25, -0.2) is 9.18 Å². The van der Waals surface area contributed by atoms with Crippen molar-refractivity contribution in [1.29, 1.82) is 0 Å². The van der Waals surface area contributed by atoms with E-state index in [0.717, 1.165) is 4.90 Å². The van der Waals surface area contributed by atoms with Gasteiger partial charge in [-0.15, -0.1) is 10.2 Å². The van der Waals surface area contributed by atoms with Gasteiger partial charge in [0.1, 0.15) is 11.5 Å². The Bertz CT molecular complexity index is 899. The molecule has 0 aliphatic carbocycles. The largest absolute Gasteiger partial charge is 0.465 e. The Balaban J connectivity index is 2.61. The molecule has 28 heavy (non-hydrogen) atoms. The Labute approximate surface area is 172 Å². The number of hydrogen-bond donors (Lipinski definition) is 1. The van der Waals surface area contributed by atoms with Crippen LogP contribution in [0.15, 0.2) is 24.3 Å². The van der Waals surface area contributed by atoms with Crippen LogP contribution in [0, 0.1) is 5.82 Å². The van der Waals surface area contributed by atoms with Crippen molar-refractivity contribution < 1.29 is 19.1 Å². The number of carbonyl (C=O) groups excluding carboxylic acids is 1. The predicted octanol–water partition coefficient (Wildman–Crippen LogP) is 5.38. The van der Waals surface area contributed by atoms with E-state index in [9.17, 15) is 14.7 Å². The second kappa shape index (κ2) is 8.41. The minimum atomic E-state index is -1.19. The van der Waals surface area contributed by atoms with E-state index in [-0.39, 0.29) is 27.0 Å². The molecule has 150 valence electrons. The lowest BCUT2D eigenvalue weighted by Crippen LogP contribution is -2.47. The van der Waals surface area contributed by atoms with E-state index in [2.05, 4.69) is 10.2 Å². The van der Waals surface area contributed by atoms with Gasteiger partial charge in [-0.2, -0.15) is 0 Å². The number of hydrogen-bond acceptors (Lipinski definition) is 4. The second-order valence-corrected chi connectivity index (χ2v) is 7.94. The molecular weight excluding hydrogens is 408 g/mol. The summed E-state index contributed by atoms with van der Waals surface area (Å²) in [5.74, 6) is -1.64. The van der Waals surface area contributed by atoms with Crippen molar-refractivity contribution in [2.45, 2.75) is 45.7 Å². The monoisotopic (exact) mass is 427 g/mol. The van der Waals surface area contributed by atoms with Gasteiger partial charge in [0.2, 0.25) is 5.78 Å². The first-order chi connectivity index (χ1) is 13.0. The zero-order valence-electron chi connectivity index (χ0n) is 15.8. The van der Waals surface area contributed by atoms with Crippen LogP contribution in [0.5, 0.6) is 0 Å². The molecule has 1 N–H and O–H groups in total. The molecule has 2 rings (SSSR count). The number of halogens is 3. The minimum Gasteiger partial charge on any atom is -0.465 e. The molecule has 1 atom stereocenters. The maximum absolute atomic E-state index is 15.4. The van der Waals surface area contributed by atoms with Crippen LogP contribution in [-0.4, -0.2) is 37.6 Å². The fourth-order valence-electron chi connectivity index (χ4n) is 3.03. The van der Waals surface area contributed by atoms with Crippen LogP contribution in [0.2, 0.25) is 10.2 Å². The molecule has 0 spiro atoms. The summed E-state index contributed by atoms with van der Waals surface area (Å²) in [5.41, 5.74) is -1.23. The fraction of sp³-hybridized carbons (Fsp3) is 0.368. The smallest absolute Gasteiger partial charge is 0.408 e. The summed E-state index contributed by atoms with van der Waals surface area (Å²) in [6.07, 6.45) is -0.888. The lowest BCUT2D eigenvalue weighted by molar-refractivity contribution is 0.0671. The number of rotatable bonds is 5. The highest BCUT2D eigenvalue weighted by Gasteiger charge is 2.36. The third-order valence-electron chi connectivity index (χ3n) is 4.20. The number of amides is 1. The Hall–Kier alpha value is -2.25. The Morgan fingerprint density at radius 2 is 1.82 bits per heavy atom. The number of aromatic nitrogens is 2. The summed E-state index contributed by atoms with van der Waals surface area (Å²) in [4.78, 5) is 25.8. The normalized spacial score (nSPS) is 12.5. The first kappa shape index (κ1) is 22.0. The van der Waals surface area contributed by atoms with E-state index in [1.165, 1.54) is 24.3 Å². The summed E-state index contributed by atoms with van der Waals surface area (Å²) >= 11 is 11.8. The quantitative estimate of drug-likeness (QED) is 0.647. The highest BCUT2D eigenvalue weighted by atomic mass is 35.5. The van der Waals surface area contributed by atoms with Gasteiger partial charge in [0.25, 0.3) is 0 Å². The topological polar surface area (TPSA) is 83.4 Å². The van der Waals surface area contributed by atoms with Gasteiger partial charge in [-0.05, 0) is 45.4 Å². The molecule has 0 unspecified atom stereocenters. The molecule has 0 aliphatic rings. The highest BCUT2D eigenvalue weighted by Crippen LogP contribution is 2.35. The molecule has 6 nitrogen and oxygen atoms in total. The third kappa shape index (κ3) is 4.42. The lowest BCUT2D eigenvalue weighted by atomic mass is 9.93. The van der Waals surface area contributed by atoms with Gasteiger partial charge in [-0.1, -0.05) is 36.2 Å². The number of ketones is 1. The standard InChI is InChI=1S/C19H20Cl2FN3O3/c1-5-13(25(18(27)28)19(2,3)4)10-6-7-11(20)15(16(10)22)17(26)12-8-9-14(21)24-23-12/h6-9,13H,5H2,1-4H3,(H,27,28)/t13-/m1/s1. The van der Waals surface area contributed by atoms with Crippen LogP contribution < -0.4 is 0 Å². The molecule has 2 aromatic rings. The van der Waals surface area contributed by atoms with E-state index in [1.54, 1.807) is 27.7 Å². The summed E-state index contributed by atoms with van der Waals surface area (Å²) in [6, 6.07) is 4.64. The molecule has 0 aliphatic heterocycles. The van der Waals surface area contributed by atoms with Crippen molar-refractivity contribution >= 4 is 35.1 Å². The second-order valence-electron chi connectivity index (χ2n) is 7.14. The summed E-state index contributed by atoms with van der Waals surface area (Å²) in [7, 11) is 0. The predicted molar refractivity (Wildman–Crippen MR) is 105 cm³/mol. The Kier molecular flexibility index (Phi) is 6.62. The first-order valence-corrected chi connectivity index (χ1v) is 9.28. The summed E-state index contributed by atoms with van der Waals surface area (Å²) in [5, 5.41) is 16.9. The van der Waals surface area contributed by atoms with E-state index in [4.69, 9.17) is 23.2 Å². The van der Waals surface area contributed by atoms with Crippen molar-refractivity contribution in [2.24, 2.45) is 0 Å². The van der Waals surface area contributed by atoms with Crippen LogP contribution in [0.1, 0.15) is 61.8 Å². The molecule has 0 fully saturated rings. The zero-order valence-corrected chi connectivity index (χ0v) is 17.3. The van der Waals surface area contributed by atoms with E-state index in [1.807, 2.05) is 0 Å². The molecule has 0 bridgehead atoms. The molecule has 0 saturated carbocycles. The number of nitrogens with zero attached hydrogens (tertiary/aromatic N) is 3. The first-order valence-electron chi connectivity index (χ1n) is 8.53. The van der Waals surface area contributed by atoms with Crippen molar-refractivity contribution in [3.8, 4) is 0 Å². The Morgan fingerprint density at radius 3 is 2.29 bits per heavy atom. The Morgan fingerprint density at radius 1 is 1.18 bits per heavy atom. The number of carboxylic acid groups (broad SMARTS) is 1. The van der Waals surface area contributed by atoms with Gasteiger partial charge in [0.05, 0.1) is 16.6 Å². The van der Waals surface area contributed by atoms with Gasteiger partial charge in [0, 0.05) is 11.1 Å². The lowest BCUT2D eigenvalue weighted by Gasteiger charge is -2.39. The van der Waals surface area contributed by atoms with Crippen LogP contribution in [0.25, 0.3) is 0 Å². The van der Waals surface area contributed by atoms with Crippen LogP contribution in [-0.2, 0) is 0 Å². The van der Waals surface area contributed by atoms with Crippen LogP contribution in [0.3, 0.4) is 0 Å². The van der Waals surface area contributed by atoms with Crippen LogP contribution >= 0.6 is 23.2 Å². The fourth-order valence-corrected chi connectivity index (χ4v) is 3.36. The number of carbonyl (C=O) groups is 2. The average Bonchev–Trinajstić information content (AvgIpc) is 2.59. The van der Waals surface area contributed by atoms with Gasteiger partial charge in [-0.3, -0.25) is 9.69 Å². The van der Waals surface area contributed by atoms with Gasteiger partial charge < -0.3 is 5.11 Å². The van der Waals surface area contributed by atoms with Gasteiger partial charge >= 0.3 is 6.09 Å². The van der Waals surface area contributed by atoms with E-state index >= 15 is 4.39 Å². The van der Waals surface area contributed by atoms with Crippen molar-refractivity contribution in [3.05, 3.63) is 57.1 Å². The maximum atomic E-state index is 15.4. The molecule has 9 heteroatoms. The molecule has 0 saturated heterocycles. The molecule has 1 aromatic heterocycles. The zero-order chi connectivity index (χ0) is 21.2. The van der Waals surface area contributed by atoms with Crippen molar-refractivity contribution in [1.82, 2.24) is 15.1 Å². The molecular formula is C19H20Cl2FN3O3. The highest BCUT2D eigenvalue weighted by molar-refractivity contribution is 6.35. The number of benzene rings is 1. The molecule has 1 aromatic carbocycles. The maximum Gasteiger partial charge on any atom is 0.408 e. The van der Waals surface area contributed by atoms with E-state index < -0.39 is 29.3 Å². The van der Waals surface area contributed by atoms with E-state index in [0.29, 0.717) is 6.42 Å². The third-order valence-corrected chi connectivity index (χ3v) is 4.72. The molecule has 1 heterocycles. The van der Waals surface area contributed by atoms with Crippen LogP contribution in [0.4, 0.5) is 9.18 Å². The molecule has 0 radical (unpaired) electrons. The minimum absolute atomic E-state index is 0.0643. The average molecular weight is 428 g/mol. The van der Waals surface area contributed by atoms with Crippen molar-refractivity contribution in [2.75, 3.05) is 0 Å². The van der Waals surface area contributed by atoms with Crippen molar-refractivity contribution in [3.63, 3.8) is 0 Å². The SMILES string of the molecule is CC[C@H](c1ccc(Cl)c(C(=O)c2ccc(Cl)nn2)c1F)N(C(=O)O)C(C)(C)C. The summed E-state index contributed by atoms with van der Waals surface area (Å²) in [6.45, 7) is 6.89. The molecule has 1 amide bonds. The van der Waals surface area contributed by atoms with Gasteiger partial charge in [0.15, 0.2) is 5.15 Å².